The molecule has 6 heteroatoms. The number of furan rings is 1. The second-order valence-electron chi connectivity index (χ2n) is 6.36. The summed E-state index contributed by atoms with van der Waals surface area (Å²) in [6.45, 7) is 11.3. The number of morpholine rings is 1. The Morgan fingerprint density at radius 3 is 2.59 bits per heavy atom. The summed E-state index contributed by atoms with van der Waals surface area (Å²) in [5, 5.41) is 0.258. The standard InChI is InChI=1S/C19H26ClN3O2.C2H6/c1-3-5-6-8-14(7-4-2)16-13-15-17(25-16)18(22-19(20)21-15)23-9-11-24-12-10-23;1-2/h8,13H,3-7,9-12H2,1-2H3;1-2H3/b14-8+;. The summed E-state index contributed by atoms with van der Waals surface area (Å²) in [6.07, 6.45) is 7.84. The largest absolute Gasteiger partial charge is 0.451 e. The van der Waals surface area contributed by atoms with Gasteiger partial charge < -0.3 is 14.1 Å². The Morgan fingerprint density at radius 2 is 1.93 bits per heavy atom. The van der Waals surface area contributed by atoms with Gasteiger partial charge in [0, 0.05) is 19.2 Å². The molecule has 1 aliphatic heterocycles. The molecular formula is C21H32ClN3O2. The number of ether oxygens (including phenoxy) is 1. The average Bonchev–Trinajstić information content (AvgIpc) is 3.13. The number of allylic oxidation sites excluding steroid dienone is 2. The van der Waals surface area contributed by atoms with E-state index >= 15 is 0 Å². The van der Waals surface area contributed by atoms with Crippen molar-refractivity contribution in [3.05, 3.63) is 23.2 Å². The number of halogens is 1. The van der Waals surface area contributed by atoms with Gasteiger partial charge in [-0.15, -0.1) is 0 Å². The van der Waals surface area contributed by atoms with Crippen molar-refractivity contribution >= 4 is 34.1 Å². The smallest absolute Gasteiger partial charge is 0.225 e. The Kier molecular flexibility index (Phi) is 9.08. The normalized spacial score (nSPS) is 15.0. The van der Waals surface area contributed by atoms with Gasteiger partial charge in [0.15, 0.2) is 11.4 Å². The molecule has 0 aromatic carbocycles. The van der Waals surface area contributed by atoms with E-state index in [9.17, 15) is 0 Å². The van der Waals surface area contributed by atoms with Gasteiger partial charge in [0.05, 0.1) is 13.2 Å². The highest BCUT2D eigenvalue weighted by molar-refractivity contribution is 6.28. The van der Waals surface area contributed by atoms with Crippen molar-refractivity contribution in [3.63, 3.8) is 0 Å². The summed E-state index contributed by atoms with van der Waals surface area (Å²) in [6, 6.07) is 2.00. The first-order valence-corrected chi connectivity index (χ1v) is 10.6. The van der Waals surface area contributed by atoms with Crippen molar-refractivity contribution in [2.75, 3.05) is 31.2 Å². The number of rotatable bonds is 7. The molecule has 2 aromatic heterocycles. The Bertz CT molecular complexity index is 736. The molecule has 0 aliphatic carbocycles. The Hall–Kier alpha value is -1.59. The summed E-state index contributed by atoms with van der Waals surface area (Å²) in [7, 11) is 0. The molecule has 0 saturated carbocycles. The van der Waals surface area contributed by atoms with Gasteiger partial charge in [-0.1, -0.05) is 53.0 Å². The third-order valence-corrected chi connectivity index (χ3v) is 4.59. The number of unbranched alkanes of at least 4 members (excludes halogenated alkanes) is 2. The van der Waals surface area contributed by atoms with Crippen LogP contribution in [-0.4, -0.2) is 36.3 Å². The molecule has 1 aliphatic rings. The van der Waals surface area contributed by atoms with Crippen molar-refractivity contribution in [3.8, 4) is 0 Å². The minimum atomic E-state index is 0.258. The van der Waals surface area contributed by atoms with Crippen molar-refractivity contribution in [2.24, 2.45) is 0 Å². The molecule has 150 valence electrons. The van der Waals surface area contributed by atoms with E-state index < -0.39 is 0 Å². The van der Waals surface area contributed by atoms with E-state index in [-0.39, 0.29) is 5.28 Å². The number of aromatic nitrogens is 2. The van der Waals surface area contributed by atoms with E-state index in [2.05, 4.69) is 34.8 Å². The van der Waals surface area contributed by atoms with Crippen LogP contribution in [0.1, 0.15) is 65.6 Å². The number of fused-ring (bicyclic) bond motifs is 1. The maximum Gasteiger partial charge on any atom is 0.225 e. The highest BCUT2D eigenvalue weighted by Crippen LogP contribution is 2.33. The molecule has 0 radical (unpaired) electrons. The number of anilines is 1. The second kappa shape index (κ2) is 11.3. The first kappa shape index (κ1) is 21.7. The third kappa shape index (κ3) is 5.69. The van der Waals surface area contributed by atoms with Crippen LogP contribution in [0.25, 0.3) is 16.7 Å². The Labute approximate surface area is 167 Å². The predicted molar refractivity (Wildman–Crippen MR) is 114 cm³/mol. The lowest BCUT2D eigenvalue weighted by Crippen LogP contribution is -2.36. The zero-order valence-corrected chi connectivity index (χ0v) is 17.8. The van der Waals surface area contributed by atoms with Crippen LogP contribution in [0.5, 0.6) is 0 Å². The Morgan fingerprint density at radius 1 is 1.19 bits per heavy atom. The lowest BCUT2D eigenvalue weighted by atomic mass is 10.1. The summed E-state index contributed by atoms with van der Waals surface area (Å²) in [5.41, 5.74) is 2.74. The van der Waals surface area contributed by atoms with Crippen LogP contribution in [-0.2, 0) is 4.74 Å². The monoisotopic (exact) mass is 393 g/mol. The molecule has 27 heavy (non-hydrogen) atoms. The topological polar surface area (TPSA) is 51.4 Å². The second-order valence-corrected chi connectivity index (χ2v) is 6.70. The van der Waals surface area contributed by atoms with Crippen LogP contribution in [0, 0.1) is 0 Å². The van der Waals surface area contributed by atoms with Crippen molar-refractivity contribution in [2.45, 2.75) is 59.8 Å². The van der Waals surface area contributed by atoms with Crippen LogP contribution >= 0.6 is 11.6 Å². The van der Waals surface area contributed by atoms with Gasteiger partial charge in [0.2, 0.25) is 5.28 Å². The van der Waals surface area contributed by atoms with Gasteiger partial charge in [-0.3, -0.25) is 0 Å². The molecule has 2 aromatic rings. The first-order chi connectivity index (χ1) is 13.2. The molecule has 1 saturated heterocycles. The first-order valence-electron chi connectivity index (χ1n) is 10.2. The Balaban J connectivity index is 0.00000126. The van der Waals surface area contributed by atoms with Crippen molar-refractivity contribution < 1.29 is 9.15 Å². The molecule has 0 amide bonds. The van der Waals surface area contributed by atoms with Crippen LogP contribution in [0.15, 0.2) is 16.6 Å². The number of hydrogen-bond donors (Lipinski definition) is 0. The minimum Gasteiger partial charge on any atom is -0.451 e. The maximum absolute atomic E-state index is 6.22. The van der Waals surface area contributed by atoms with Crippen LogP contribution in [0.4, 0.5) is 5.82 Å². The van der Waals surface area contributed by atoms with Gasteiger partial charge in [0.1, 0.15) is 11.3 Å². The zero-order valence-electron chi connectivity index (χ0n) is 17.1. The maximum atomic E-state index is 6.22. The lowest BCUT2D eigenvalue weighted by Gasteiger charge is -2.27. The highest BCUT2D eigenvalue weighted by atomic mass is 35.5. The number of hydrogen-bond acceptors (Lipinski definition) is 5. The van der Waals surface area contributed by atoms with Crippen LogP contribution < -0.4 is 4.90 Å². The van der Waals surface area contributed by atoms with Gasteiger partial charge >= 0.3 is 0 Å². The van der Waals surface area contributed by atoms with E-state index in [0.29, 0.717) is 13.2 Å². The predicted octanol–water partition coefficient (Wildman–Crippen LogP) is 6.11. The van der Waals surface area contributed by atoms with Gasteiger partial charge in [-0.2, -0.15) is 4.98 Å². The molecule has 0 unspecified atom stereocenters. The molecule has 0 atom stereocenters. The average molecular weight is 394 g/mol. The van der Waals surface area contributed by atoms with E-state index in [1.807, 2.05) is 19.9 Å². The fourth-order valence-corrected chi connectivity index (χ4v) is 3.28. The summed E-state index contributed by atoms with van der Waals surface area (Å²) in [4.78, 5) is 11.0. The third-order valence-electron chi connectivity index (χ3n) is 4.42. The minimum absolute atomic E-state index is 0.258. The van der Waals surface area contributed by atoms with E-state index in [1.165, 1.54) is 18.4 Å². The molecular weight excluding hydrogens is 362 g/mol. The van der Waals surface area contributed by atoms with Gasteiger partial charge in [-0.05, 0) is 30.0 Å². The lowest BCUT2D eigenvalue weighted by molar-refractivity contribution is 0.122. The fraction of sp³-hybridized carbons (Fsp3) is 0.619. The molecule has 0 spiro atoms. The van der Waals surface area contributed by atoms with E-state index in [1.54, 1.807) is 0 Å². The molecule has 0 bridgehead atoms. The zero-order chi connectivity index (χ0) is 19.6. The van der Waals surface area contributed by atoms with E-state index in [4.69, 9.17) is 20.8 Å². The quantitative estimate of drug-likeness (QED) is 0.419. The molecule has 3 heterocycles. The van der Waals surface area contributed by atoms with Crippen LogP contribution in [0.2, 0.25) is 5.28 Å². The van der Waals surface area contributed by atoms with E-state index in [0.717, 1.165) is 55.0 Å². The molecule has 5 nitrogen and oxygen atoms in total. The van der Waals surface area contributed by atoms with Gasteiger partial charge in [0.25, 0.3) is 0 Å². The summed E-state index contributed by atoms with van der Waals surface area (Å²) in [5.74, 6) is 1.66. The van der Waals surface area contributed by atoms with Crippen LogP contribution in [0.3, 0.4) is 0 Å². The summed E-state index contributed by atoms with van der Waals surface area (Å²) < 4.78 is 11.7. The summed E-state index contributed by atoms with van der Waals surface area (Å²) >= 11 is 6.16. The highest BCUT2D eigenvalue weighted by Gasteiger charge is 2.21. The fourth-order valence-electron chi connectivity index (χ4n) is 3.11. The van der Waals surface area contributed by atoms with Gasteiger partial charge in [-0.25, -0.2) is 4.98 Å². The molecule has 0 N–H and O–H groups in total. The SMILES string of the molecule is CC.CCCC/C=C(\CCC)c1cc2nc(Cl)nc(N3CCOCC3)c2o1. The van der Waals surface area contributed by atoms with Crippen molar-refractivity contribution in [1.82, 2.24) is 9.97 Å². The van der Waals surface area contributed by atoms with Crippen molar-refractivity contribution in [1.29, 1.82) is 0 Å². The molecule has 1 fully saturated rings. The molecule has 3 rings (SSSR count). The number of nitrogens with zero attached hydrogens (tertiary/aromatic N) is 3.